The van der Waals surface area contributed by atoms with Crippen molar-refractivity contribution in [1.82, 2.24) is 4.90 Å². The van der Waals surface area contributed by atoms with Gasteiger partial charge in [0.05, 0.1) is 5.02 Å². The average molecular weight is 394 g/mol. The number of nitrogens with one attached hydrogen (secondary N) is 1. The Morgan fingerprint density at radius 1 is 1.08 bits per heavy atom. The molecule has 1 aliphatic rings. The van der Waals surface area contributed by atoms with Crippen LogP contribution in [0.5, 0.6) is 5.75 Å². The number of anilines is 2. The van der Waals surface area contributed by atoms with Crippen LogP contribution < -0.4 is 15.0 Å². The van der Waals surface area contributed by atoms with Gasteiger partial charge in [-0.05, 0) is 43.4 Å². The molecule has 1 saturated heterocycles. The molecular formula is C19H21Cl2N3O2. The first kappa shape index (κ1) is 18.8. The van der Waals surface area contributed by atoms with Crippen LogP contribution in [0.25, 0.3) is 0 Å². The molecule has 0 saturated carbocycles. The summed E-state index contributed by atoms with van der Waals surface area (Å²) in [5.41, 5.74) is 1.90. The SMILES string of the molecule is CN1CCN(c2ccc(NC(=O)COc3cc(Cl)ccc3Cl)cc2)CC1. The summed E-state index contributed by atoms with van der Waals surface area (Å²) in [6.45, 7) is 4.00. The van der Waals surface area contributed by atoms with Crippen molar-refractivity contribution in [3.05, 3.63) is 52.5 Å². The number of amides is 1. The Morgan fingerprint density at radius 3 is 2.46 bits per heavy atom. The van der Waals surface area contributed by atoms with Crippen molar-refractivity contribution >= 4 is 40.5 Å². The number of carbonyl (C=O) groups excluding carboxylic acids is 1. The molecule has 1 N–H and O–H groups in total. The molecule has 0 atom stereocenters. The normalized spacial score (nSPS) is 15.0. The van der Waals surface area contributed by atoms with Gasteiger partial charge in [0.2, 0.25) is 0 Å². The summed E-state index contributed by atoms with van der Waals surface area (Å²) >= 11 is 11.9. The number of carbonyl (C=O) groups is 1. The number of nitrogens with zero attached hydrogens (tertiary/aromatic N) is 2. The summed E-state index contributed by atoms with van der Waals surface area (Å²) < 4.78 is 5.44. The summed E-state index contributed by atoms with van der Waals surface area (Å²) in [6, 6.07) is 12.7. The second kappa shape index (κ2) is 8.62. The zero-order chi connectivity index (χ0) is 18.5. The molecule has 2 aromatic rings. The van der Waals surface area contributed by atoms with Crippen molar-refractivity contribution in [1.29, 1.82) is 0 Å². The van der Waals surface area contributed by atoms with Crippen molar-refractivity contribution < 1.29 is 9.53 Å². The van der Waals surface area contributed by atoms with Crippen LogP contribution in [-0.4, -0.2) is 50.6 Å². The van der Waals surface area contributed by atoms with Crippen LogP contribution in [0.15, 0.2) is 42.5 Å². The number of ether oxygens (including phenoxy) is 1. The Labute approximate surface area is 163 Å². The van der Waals surface area contributed by atoms with Gasteiger partial charge in [-0.15, -0.1) is 0 Å². The lowest BCUT2D eigenvalue weighted by molar-refractivity contribution is -0.118. The minimum absolute atomic E-state index is 0.139. The van der Waals surface area contributed by atoms with E-state index in [1.54, 1.807) is 18.2 Å². The Hall–Kier alpha value is -1.95. The number of rotatable bonds is 5. The number of piperazine rings is 1. The topological polar surface area (TPSA) is 44.8 Å². The minimum Gasteiger partial charge on any atom is -0.482 e. The molecule has 26 heavy (non-hydrogen) atoms. The third-order valence-corrected chi connectivity index (χ3v) is 4.82. The zero-order valence-electron chi connectivity index (χ0n) is 14.5. The van der Waals surface area contributed by atoms with Crippen molar-refractivity contribution in [2.45, 2.75) is 0 Å². The first-order valence-corrected chi connectivity index (χ1v) is 9.18. The standard InChI is InChI=1S/C19H21Cl2N3O2/c1-23-8-10-24(11-9-23)16-5-3-15(4-6-16)22-19(25)13-26-18-12-14(20)2-7-17(18)21/h2-7,12H,8-11,13H2,1H3,(H,22,25). The lowest BCUT2D eigenvalue weighted by atomic mass is 10.2. The maximum absolute atomic E-state index is 12.1. The largest absolute Gasteiger partial charge is 0.482 e. The fourth-order valence-electron chi connectivity index (χ4n) is 2.75. The van der Waals surface area contributed by atoms with Gasteiger partial charge in [0.1, 0.15) is 5.75 Å². The Bertz CT molecular complexity index is 760. The summed E-state index contributed by atoms with van der Waals surface area (Å²) in [5, 5.41) is 3.74. The van der Waals surface area contributed by atoms with E-state index in [4.69, 9.17) is 27.9 Å². The smallest absolute Gasteiger partial charge is 0.262 e. The van der Waals surface area contributed by atoms with E-state index in [-0.39, 0.29) is 12.5 Å². The lowest BCUT2D eigenvalue weighted by Crippen LogP contribution is -2.44. The van der Waals surface area contributed by atoms with E-state index in [2.05, 4.69) is 22.2 Å². The van der Waals surface area contributed by atoms with E-state index in [1.165, 1.54) is 0 Å². The monoisotopic (exact) mass is 393 g/mol. The molecule has 7 heteroatoms. The van der Waals surface area contributed by atoms with Crippen LogP contribution in [-0.2, 0) is 4.79 Å². The van der Waals surface area contributed by atoms with Gasteiger partial charge in [-0.2, -0.15) is 0 Å². The Balaban J connectivity index is 1.52. The molecule has 0 aromatic heterocycles. The fraction of sp³-hybridized carbons (Fsp3) is 0.316. The van der Waals surface area contributed by atoms with Gasteiger partial charge < -0.3 is 19.9 Å². The average Bonchev–Trinajstić information content (AvgIpc) is 2.64. The molecular weight excluding hydrogens is 373 g/mol. The van der Waals surface area contributed by atoms with E-state index >= 15 is 0 Å². The molecule has 138 valence electrons. The maximum Gasteiger partial charge on any atom is 0.262 e. The summed E-state index contributed by atoms with van der Waals surface area (Å²) in [6.07, 6.45) is 0. The molecule has 1 fully saturated rings. The first-order chi connectivity index (χ1) is 12.5. The van der Waals surface area contributed by atoms with E-state index in [0.29, 0.717) is 15.8 Å². The van der Waals surface area contributed by atoms with Gasteiger partial charge in [-0.3, -0.25) is 4.79 Å². The first-order valence-electron chi connectivity index (χ1n) is 8.42. The van der Waals surface area contributed by atoms with Gasteiger partial charge in [0, 0.05) is 48.6 Å². The number of benzene rings is 2. The highest BCUT2D eigenvalue weighted by Gasteiger charge is 2.14. The van der Waals surface area contributed by atoms with Gasteiger partial charge in [-0.25, -0.2) is 0 Å². The van der Waals surface area contributed by atoms with Crippen LogP contribution in [0.3, 0.4) is 0 Å². The highest BCUT2D eigenvalue weighted by molar-refractivity contribution is 6.34. The zero-order valence-corrected chi connectivity index (χ0v) is 16.1. The molecule has 2 aromatic carbocycles. The van der Waals surface area contributed by atoms with E-state index in [1.807, 2.05) is 24.3 Å². The van der Waals surface area contributed by atoms with Gasteiger partial charge >= 0.3 is 0 Å². The molecule has 0 bridgehead atoms. The summed E-state index contributed by atoms with van der Waals surface area (Å²) in [5.74, 6) is 0.133. The lowest BCUT2D eigenvalue weighted by Gasteiger charge is -2.34. The third-order valence-electron chi connectivity index (χ3n) is 4.27. The van der Waals surface area contributed by atoms with Crippen molar-refractivity contribution in [3.8, 4) is 5.75 Å². The van der Waals surface area contributed by atoms with E-state index < -0.39 is 0 Å². The second-order valence-electron chi connectivity index (χ2n) is 6.25. The molecule has 0 radical (unpaired) electrons. The van der Waals surface area contributed by atoms with Crippen LogP contribution in [0.2, 0.25) is 10.0 Å². The van der Waals surface area contributed by atoms with Gasteiger partial charge in [0.25, 0.3) is 5.91 Å². The number of likely N-dealkylation sites (N-methyl/N-ethyl adjacent to an activating group) is 1. The van der Waals surface area contributed by atoms with Crippen molar-refractivity contribution in [2.75, 3.05) is 50.1 Å². The van der Waals surface area contributed by atoms with Crippen LogP contribution in [0.4, 0.5) is 11.4 Å². The van der Waals surface area contributed by atoms with Gasteiger partial charge in [-0.1, -0.05) is 23.2 Å². The summed E-state index contributed by atoms with van der Waals surface area (Å²) in [7, 11) is 2.13. The van der Waals surface area contributed by atoms with Crippen molar-refractivity contribution in [2.24, 2.45) is 0 Å². The Morgan fingerprint density at radius 2 is 1.77 bits per heavy atom. The maximum atomic E-state index is 12.1. The van der Waals surface area contributed by atoms with E-state index in [0.717, 1.165) is 37.6 Å². The van der Waals surface area contributed by atoms with Crippen LogP contribution in [0, 0.1) is 0 Å². The van der Waals surface area contributed by atoms with E-state index in [9.17, 15) is 4.79 Å². The highest BCUT2D eigenvalue weighted by atomic mass is 35.5. The number of halogens is 2. The molecule has 3 rings (SSSR count). The summed E-state index contributed by atoms with van der Waals surface area (Å²) in [4.78, 5) is 16.7. The van der Waals surface area contributed by atoms with Gasteiger partial charge in [0.15, 0.2) is 6.61 Å². The molecule has 0 spiro atoms. The number of hydrogen-bond acceptors (Lipinski definition) is 4. The molecule has 1 aliphatic heterocycles. The Kier molecular flexibility index (Phi) is 6.25. The molecule has 0 aliphatic carbocycles. The van der Waals surface area contributed by atoms with Crippen LogP contribution in [0.1, 0.15) is 0 Å². The fourth-order valence-corrected chi connectivity index (χ4v) is 3.08. The highest BCUT2D eigenvalue weighted by Crippen LogP contribution is 2.27. The molecule has 1 heterocycles. The van der Waals surface area contributed by atoms with Crippen LogP contribution >= 0.6 is 23.2 Å². The van der Waals surface area contributed by atoms with Crippen molar-refractivity contribution in [3.63, 3.8) is 0 Å². The predicted molar refractivity (Wildman–Crippen MR) is 107 cm³/mol. The number of hydrogen-bond donors (Lipinski definition) is 1. The third kappa shape index (κ3) is 5.04. The quantitative estimate of drug-likeness (QED) is 0.839. The minimum atomic E-state index is -0.256. The molecule has 5 nitrogen and oxygen atoms in total. The second-order valence-corrected chi connectivity index (χ2v) is 7.09. The molecule has 0 unspecified atom stereocenters. The predicted octanol–water partition coefficient (Wildman–Crippen LogP) is 3.76. The molecule has 1 amide bonds.